The van der Waals surface area contributed by atoms with Gasteiger partial charge in [-0.1, -0.05) is 23.2 Å². The summed E-state index contributed by atoms with van der Waals surface area (Å²) in [5.74, 6) is 5.44. The number of hydrogen-bond donors (Lipinski definition) is 3. The summed E-state index contributed by atoms with van der Waals surface area (Å²) < 4.78 is 11.7. The van der Waals surface area contributed by atoms with Crippen molar-refractivity contribution in [2.45, 2.75) is 0 Å². The number of hydrogen-bond acceptors (Lipinski definition) is 9. The molecule has 24 heavy (non-hydrogen) atoms. The van der Waals surface area contributed by atoms with E-state index in [-0.39, 0.29) is 6.01 Å². The van der Waals surface area contributed by atoms with Gasteiger partial charge in [0.15, 0.2) is 11.5 Å². The molecule has 0 bridgehead atoms. The lowest BCUT2D eigenvalue weighted by molar-refractivity contribution is 0.373. The smallest absolute Gasteiger partial charge is 0.318 e. The minimum absolute atomic E-state index is 0.224. The second-order valence-corrected chi connectivity index (χ2v) is 5.18. The van der Waals surface area contributed by atoms with Gasteiger partial charge in [0.2, 0.25) is 4.77 Å². The highest BCUT2D eigenvalue weighted by molar-refractivity contribution is 7.71. The van der Waals surface area contributed by atoms with E-state index in [2.05, 4.69) is 30.6 Å². The molecule has 0 aliphatic rings. The molecule has 0 saturated heterocycles. The van der Waals surface area contributed by atoms with Crippen molar-refractivity contribution in [3.63, 3.8) is 0 Å². The Kier molecular flexibility index (Phi) is 6.09. The van der Waals surface area contributed by atoms with Crippen molar-refractivity contribution in [3.8, 4) is 12.0 Å². The number of rotatable bonds is 3. The zero-order valence-corrected chi connectivity index (χ0v) is 14.8. The predicted octanol–water partition coefficient (Wildman–Crippen LogP) is 1.87. The molecule has 4 N–H and O–H groups in total. The van der Waals surface area contributed by atoms with Gasteiger partial charge < -0.3 is 14.9 Å². The summed E-state index contributed by atoms with van der Waals surface area (Å²) >= 11 is 16.4. The van der Waals surface area contributed by atoms with E-state index in [9.17, 15) is 0 Å². The minimum Gasteiger partial charge on any atom is -0.468 e. The standard InChI is InChI=1S/C6H5ClN4OS.C5H7ClN4O/c1-12-5-8-2-3(7)4-9-10-6(13)11(4)5;1-11-5-8-2-3(6)4(9-5)10-7/h2H,1H3,(H,10,13);2H,7H2,1H3,(H,8,9,10). The van der Waals surface area contributed by atoms with Crippen molar-refractivity contribution in [3.05, 3.63) is 27.2 Å². The predicted molar refractivity (Wildman–Crippen MR) is 91.1 cm³/mol. The first-order chi connectivity index (χ1) is 11.5. The molecule has 0 unspecified atom stereocenters. The Bertz CT molecular complexity index is 899. The third kappa shape index (κ3) is 3.82. The number of H-pyrrole nitrogens is 1. The summed E-state index contributed by atoms with van der Waals surface area (Å²) in [6.07, 6.45) is 2.87. The summed E-state index contributed by atoms with van der Waals surface area (Å²) in [4.78, 5) is 11.5. The van der Waals surface area contributed by atoms with Gasteiger partial charge in [0, 0.05) is 0 Å². The third-order valence-corrected chi connectivity index (χ3v) is 3.41. The number of aromatic nitrogens is 6. The van der Waals surface area contributed by atoms with Crippen LogP contribution in [0.5, 0.6) is 12.0 Å². The lowest BCUT2D eigenvalue weighted by Crippen LogP contribution is -2.09. The number of fused-ring (bicyclic) bond motifs is 1. The SMILES string of the molecule is COc1ncc(Cl)c(NN)n1.COc1ncc(Cl)c2n[nH]c(=S)n12. The molecule has 0 atom stereocenters. The lowest BCUT2D eigenvalue weighted by atomic mass is 10.6. The molecule has 3 aromatic heterocycles. The van der Waals surface area contributed by atoms with Crippen LogP contribution < -0.4 is 20.7 Å². The molecular formula is C11H12Cl2N8O2S. The van der Waals surface area contributed by atoms with Gasteiger partial charge in [0.25, 0.3) is 0 Å². The maximum absolute atomic E-state index is 5.83. The number of aromatic amines is 1. The maximum Gasteiger partial charge on any atom is 0.318 e. The Morgan fingerprint density at radius 3 is 2.54 bits per heavy atom. The van der Waals surface area contributed by atoms with Crippen LogP contribution in [0.25, 0.3) is 5.65 Å². The largest absolute Gasteiger partial charge is 0.468 e. The first-order valence-corrected chi connectivity index (χ1v) is 7.37. The molecule has 0 saturated carbocycles. The number of anilines is 1. The Hall–Kier alpha value is -2.21. The van der Waals surface area contributed by atoms with Gasteiger partial charge in [-0.3, -0.25) is 5.10 Å². The monoisotopic (exact) mass is 390 g/mol. The highest BCUT2D eigenvalue weighted by Crippen LogP contribution is 2.19. The van der Waals surface area contributed by atoms with Crippen LogP contribution in [0.3, 0.4) is 0 Å². The zero-order valence-electron chi connectivity index (χ0n) is 12.4. The van der Waals surface area contributed by atoms with Crippen molar-refractivity contribution in [2.75, 3.05) is 19.6 Å². The number of nitrogens with one attached hydrogen (secondary N) is 2. The summed E-state index contributed by atoms with van der Waals surface area (Å²) in [5.41, 5.74) is 2.82. The number of methoxy groups -OCH3 is 2. The molecule has 0 aliphatic heterocycles. The molecule has 0 aromatic carbocycles. The number of nitrogen functional groups attached to an aromatic ring is 1. The summed E-state index contributed by atoms with van der Waals surface area (Å²) in [6.45, 7) is 0. The molecule has 10 nitrogen and oxygen atoms in total. The summed E-state index contributed by atoms with van der Waals surface area (Å²) in [5, 5.41) is 7.30. The van der Waals surface area contributed by atoms with E-state index in [1.807, 2.05) is 0 Å². The molecule has 0 aliphatic carbocycles. The number of hydrazine groups is 1. The van der Waals surface area contributed by atoms with Gasteiger partial charge in [0.1, 0.15) is 10.0 Å². The first-order valence-electron chi connectivity index (χ1n) is 6.20. The average Bonchev–Trinajstić information content (AvgIpc) is 2.99. The molecular weight excluding hydrogens is 379 g/mol. The molecule has 0 radical (unpaired) electrons. The van der Waals surface area contributed by atoms with Crippen LogP contribution in [0, 0.1) is 4.77 Å². The number of halogens is 2. The molecule has 3 aromatic rings. The first kappa shape index (κ1) is 18.1. The Balaban J connectivity index is 0.000000177. The van der Waals surface area contributed by atoms with Gasteiger partial charge in [0.05, 0.1) is 26.6 Å². The Labute approximate surface area is 150 Å². The van der Waals surface area contributed by atoms with Gasteiger partial charge in [-0.05, 0) is 12.2 Å². The molecule has 128 valence electrons. The molecule has 0 spiro atoms. The Morgan fingerprint density at radius 1 is 1.21 bits per heavy atom. The molecule has 0 amide bonds. The van der Waals surface area contributed by atoms with E-state index >= 15 is 0 Å². The molecule has 13 heteroatoms. The normalized spacial score (nSPS) is 10.0. The van der Waals surface area contributed by atoms with Gasteiger partial charge in [-0.2, -0.15) is 10.1 Å². The molecule has 3 heterocycles. The fourth-order valence-electron chi connectivity index (χ4n) is 1.56. The van der Waals surface area contributed by atoms with Crippen molar-refractivity contribution in [2.24, 2.45) is 5.84 Å². The highest BCUT2D eigenvalue weighted by atomic mass is 35.5. The van der Waals surface area contributed by atoms with E-state index in [1.54, 1.807) is 0 Å². The van der Waals surface area contributed by atoms with Crippen molar-refractivity contribution >= 4 is 46.9 Å². The van der Waals surface area contributed by atoms with E-state index in [0.717, 1.165) is 0 Å². The van der Waals surface area contributed by atoms with E-state index < -0.39 is 0 Å². The summed E-state index contributed by atoms with van der Waals surface area (Å²) in [6, 6.07) is 0.584. The van der Waals surface area contributed by atoms with Gasteiger partial charge >= 0.3 is 12.0 Å². The number of nitrogens with zero attached hydrogens (tertiary/aromatic N) is 5. The van der Waals surface area contributed by atoms with Crippen molar-refractivity contribution in [1.82, 2.24) is 29.5 Å². The third-order valence-electron chi connectivity index (χ3n) is 2.59. The number of ether oxygens (including phenoxy) is 2. The van der Waals surface area contributed by atoms with Gasteiger partial charge in [-0.15, -0.1) is 0 Å². The Morgan fingerprint density at radius 2 is 1.92 bits per heavy atom. The van der Waals surface area contributed by atoms with Crippen LogP contribution >= 0.6 is 35.4 Å². The average molecular weight is 391 g/mol. The van der Waals surface area contributed by atoms with Crippen LogP contribution in [-0.2, 0) is 0 Å². The van der Waals surface area contributed by atoms with Crippen molar-refractivity contribution < 1.29 is 9.47 Å². The van der Waals surface area contributed by atoms with Crippen LogP contribution in [0.15, 0.2) is 12.4 Å². The zero-order chi connectivity index (χ0) is 17.7. The highest BCUT2D eigenvalue weighted by Gasteiger charge is 2.08. The fourth-order valence-corrected chi connectivity index (χ4v) is 2.09. The fraction of sp³-hybridized carbons (Fsp3) is 0.182. The van der Waals surface area contributed by atoms with E-state index in [0.29, 0.717) is 32.3 Å². The van der Waals surface area contributed by atoms with E-state index in [4.69, 9.17) is 50.7 Å². The quantitative estimate of drug-likeness (QED) is 0.348. The van der Waals surface area contributed by atoms with Crippen LogP contribution in [0.4, 0.5) is 5.82 Å². The molecule has 0 fully saturated rings. The second kappa shape index (κ2) is 8.06. The second-order valence-electron chi connectivity index (χ2n) is 3.98. The lowest BCUT2D eigenvalue weighted by Gasteiger charge is -2.02. The summed E-state index contributed by atoms with van der Waals surface area (Å²) in [7, 11) is 2.97. The topological polar surface area (TPSA) is 128 Å². The van der Waals surface area contributed by atoms with Crippen molar-refractivity contribution in [1.29, 1.82) is 0 Å². The minimum atomic E-state index is 0.224. The maximum atomic E-state index is 5.83. The van der Waals surface area contributed by atoms with Crippen LogP contribution in [0.2, 0.25) is 10.0 Å². The molecule has 3 rings (SSSR count). The van der Waals surface area contributed by atoms with E-state index in [1.165, 1.54) is 31.0 Å². The van der Waals surface area contributed by atoms with Gasteiger partial charge in [-0.25, -0.2) is 20.2 Å². The van der Waals surface area contributed by atoms with Crippen LogP contribution in [-0.4, -0.2) is 43.8 Å². The van der Waals surface area contributed by atoms with Crippen LogP contribution in [0.1, 0.15) is 0 Å². The number of nitrogens with two attached hydrogens (primary N) is 1.